The topological polar surface area (TPSA) is 87.1 Å². The number of hydrazine groups is 2. The van der Waals surface area contributed by atoms with Gasteiger partial charge < -0.3 is 9.47 Å². The van der Waals surface area contributed by atoms with Crippen LogP contribution >= 0.6 is 0 Å². The molecule has 4 unspecified atom stereocenters. The van der Waals surface area contributed by atoms with Gasteiger partial charge in [0.05, 0.1) is 6.54 Å². The zero-order valence-corrected chi connectivity index (χ0v) is 16.6. The highest BCUT2D eigenvalue weighted by Gasteiger charge is 2.39. The highest BCUT2D eigenvalue weighted by molar-refractivity contribution is 5.79. The molecular formula is C21H29N7O. The molecule has 1 amide bonds. The fraction of sp³-hybridized carbons (Fsp3) is 0.571. The third-order valence-corrected chi connectivity index (χ3v) is 6.64. The first-order valence-corrected chi connectivity index (χ1v) is 10.7. The molecule has 3 N–H and O–H groups in total. The van der Waals surface area contributed by atoms with Gasteiger partial charge in [-0.1, -0.05) is 6.07 Å². The number of hydrogen-bond acceptors (Lipinski definition) is 6. The normalized spacial score (nSPS) is 29.6. The van der Waals surface area contributed by atoms with E-state index in [0.29, 0.717) is 23.9 Å². The number of nitrogens with zero attached hydrogens (tertiary/aromatic N) is 4. The summed E-state index contributed by atoms with van der Waals surface area (Å²) in [5, 5.41) is 0. The molecule has 4 atom stereocenters. The summed E-state index contributed by atoms with van der Waals surface area (Å²) in [5.74, 6) is 1.83. The second kappa shape index (κ2) is 8.22. The first-order valence-electron chi connectivity index (χ1n) is 10.7. The van der Waals surface area contributed by atoms with Crippen molar-refractivity contribution in [2.45, 2.75) is 56.7 Å². The van der Waals surface area contributed by atoms with Gasteiger partial charge in [0.1, 0.15) is 5.82 Å². The summed E-state index contributed by atoms with van der Waals surface area (Å²) in [7, 11) is 0. The van der Waals surface area contributed by atoms with E-state index in [2.05, 4.69) is 41.9 Å². The van der Waals surface area contributed by atoms with Crippen LogP contribution in [0, 0.1) is 5.92 Å². The number of imidazole rings is 1. The number of rotatable bonds is 4. The van der Waals surface area contributed by atoms with Gasteiger partial charge in [0, 0.05) is 61.8 Å². The van der Waals surface area contributed by atoms with Crippen molar-refractivity contribution in [3.63, 3.8) is 0 Å². The number of aromatic nitrogens is 3. The van der Waals surface area contributed by atoms with Gasteiger partial charge in [-0.15, -0.1) is 0 Å². The van der Waals surface area contributed by atoms with Crippen molar-refractivity contribution in [3.05, 3.63) is 48.3 Å². The highest BCUT2D eigenvalue weighted by atomic mass is 16.2. The number of amides is 1. The minimum Gasteiger partial charge on any atom is -0.342 e. The lowest BCUT2D eigenvalue weighted by Crippen LogP contribution is -2.47. The quantitative estimate of drug-likeness (QED) is 0.721. The molecule has 0 aromatic carbocycles. The smallest absolute Gasteiger partial charge is 0.225 e. The Hall–Kier alpha value is -2.29. The Bertz CT molecular complexity index is 839. The van der Waals surface area contributed by atoms with Crippen LogP contribution in [0.15, 0.2) is 36.9 Å². The zero-order chi connectivity index (χ0) is 19.6. The molecule has 0 radical (unpaired) electrons. The van der Waals surface area contributed by atoms with Crippen LogP contribution in [0.1, 0.15) is 49.4 Å². The van der Waals surface area contributed by atoms with Gasteiger partial charge in [0.25, 0.3) is 0 Å². The van der Waals surface area contributed by atoms with Crippen LogP contribution < -0.4 is 16.4 Å². The van der Waals surface area contributed by atoms with Crippen molar-refractivity contribution in [2.75, 3.05) is 13.1 Å². The van der Waals surface area contributed by atoms with E-state index >= 15 is 0 Å². The van der Waals surface area contributed by atoms with E-state index < -0.39 is 0 Å². The van der Waals surface area contributed by atoms with Crippen LogP contribution in [-0.4, -0.2) is 50.5 Å². The van der Waals surface area contributed by atoms with Crippen molar-refractivity contribution >= 4 is 5.91 Å². The van der Waals surface area contributed by atoms with Gasteiger partial charge in [-0.25, -0.2) is 15.8 Å². The van der Waals surface area contributed by atoms with Crippen LogP contribution in [0.25, 0.3) is 0 Å². The largest absolute Gasteiger partial charge is 0.342 e. The Balaban J connectivity index is 1.25. The van der Waals surface area contributed by atoms with Gasteiger partial charge in [-0.2, -0.15) is 5.53 Å². The van der Waals surface area contributed by atoms with Crippen molar-refractivity contribution in [3.8, 4) is 0 Å². The fourth-order valence-electron chi connectivity index (χ4n) is 5.10. The van der Waals surface area contributed by atoms with Crippen molar-refractivity contribution in [1.29, 1.82) is 0 Å². The maximum Gasteiger partial charge on any atom is 0.225 e. The average molecular weight is 396 g/mol. The SMILES string of the molecule is O=C(C1CCC2NNNC2C1)N1CCCC(c2nccn2Cc2cccnc2)C1. The van der Waals surface area contributed by atoms with Crippen molar-refractivity contribution in [1.82, 2.24) is 35.8 Å². The van der Waals surface area contributed by atoms with Gasteiger partial charge in [0.15, 0.2) is 0 Å². The first-order chi connectivity index (χ1) is 14.3. The summed E-state index contributed by atoms with van der Waals surface area (Å²) in [6.07, 6.45) is 12.6. The number of fused-ring (bicyclic) bond motifs is 1. The molecule has 3 fully saturated rings. The van der Waals surface area contributed by atoms with E-state index in [1.165, 1.54) is 5.56 Å². The lowest BCUT2D eigenvalue weighted by atomic mass is 9.82. The number of pyridine rings is 1. The summed E-state index contributed by atoms with van der Waals surface area (Å²) in [5.41, 5.74) is 10.7. The summed E-state index contributed by atoms with van der Waals surface area (Å²) >= 11 is 0. The number of piperidine rings is 1. The maximum atomic E-state index is 13.3. The lowest BCUT2D eigenvalue weighted by Gasteiger charge is -2.37. The van der Waals surface area contributed by atoms with E-state index in [4.69, 9.17) is 0 Å². The van der Waals surface area contributed by atoms with E-state index in [9.17, 15) is 4.79 Å². The molecule has 1 saturated carbocycles. The van der Waals surface area contributed by atoms with E-state index in [0.717, 1.165) is 57.6 Å². The molecule has 8 nitrogen and oxygen atoms in total. The minimum absolute atomic E-state index is 0.124. The van der Waals surface area contributed by atoms with E-state index in [-0.39, 0.29) is 5.92 Å². The molecule has 2 aliphatic heterocycles. The van der Waals surface area contributed by atoms with Crippen LogP contribution in [0.4, 0.5) is 0 Å². The monoisotopic (exact) mass is 395 g/mol. The Labute approximate surface area is 171 Å². The molecule has 1 aliphatic carbocycles. The Morgan fingerprint density at radius 1 is 1.17 bits per heavy atom. The van der Waals surface area contributed by atoms with Crippen molar-refractivity contribution < 1.29 is 4.79 Å². The fourth-order valence-corrected chi connectivity index (χ4v) is 5.10. The van der Waals surface area contributed by atoms with Gasteiger partial charge in [0.2, 0.25) is 5.91 Å². The van der Waals surface area contributed by atoms with Crippen LogP contribution in [0.2, 0.25) is 0 Å². The highest BCUT2D eigenvalue weighted by Crippen LogP contribution is 2.31. The Morgan fingerprint density at radius 3 is 3.00 bits per heavy atom. The van der Waals surface area contributed by atoms with Gasteiger partial charge >= 0.3 is 0 Å². The van der Waals surface area contributed by atoms with Crippen LogP contribution in [0.5, 0.6) is 0 Å². The molecule has 2 aromatic heterocycles. The molecular weight excluding hydrogens is 366 g/mol. The molecule has 0 spiro atoms. The molecule has 29 heavy (non-hydrogen) atoms. The zero-order valence-electron chi connectivity index (χ0n) is 16.6. The number of carbonyl (C=O) groups excluding carboxylic acids is 1. The number of nitrogens with one attached hydrogen (secondary N) is 3. The standard InChI is InChI=1S/C21H29N7O/c29-21(16-5-6-18-19(11-16)25-26-24-18)28-9-2-4-17(14-28)20-23-8-10-27(20)13-15-3-1-7-22-12-15/h1,3,7-8,10,12,16-19,24-26H,2,4-6,9,11,13-14H2. The van der Waals surface area contributed by atoms with Crippen LogP contribution in [0.3, 0.4) is 0 Å². The molecule has 0 bridgehead atoms. The average Bonchev–Trinajstić information content (AvgIpc) is 3.43. The second-order valence-corrected chi connectivity index (χ2v) is 8.53. The first kappa shape index (κ1) is 18.7. The third-order valence-electron chi connectivity index (χ3n) is 6.64. The number of hydrogen-bond donors (Lipinski definition) is 3. The van der Waals surface area contributed by atoms with Crippen molar-refractivity contribution in [2.24, 2.45) is 5.92 Å². The van der Waals surface area contributed by atoms with E-state index in [1.54, 1.807) is 6.20 Å². The molecule has 5 rings (SSSR count). The van der Waals surface area contributed by atoms with Gasteiger partial charge in [-0.3, -0.25) is 9.78 Å². The summed E-state index contributed by atoms with van der Waals surface area (Å²) < 4.78 is 2.21. The van der Waals surface area contributed by atoms with Crippen LogP contribution in [-0.2, 0) is 11.3 Å². The molecule has 8 heteroatoms. The number of carbonyl (C=O) groups is 1. The lowest BCUT2D eigenvalue weighted by molar-refractivity contribution is -0.138. The summed E-state index contributed by atoms with van der Waals surface area (Å²) in [6.45, 7) is 2.41. The molecule has 154 valence electrons. The molecule has 4 heterocycles. The predicted molar refractivity (Wildman–Crippen MR) is 108 cm³/mol. The minimum atomic E-state index is 0.124. The second-order valence-electron chi connectivity index (χ2n) is 8.53. The summed E-state index contributed by atoms with van der Waals surface area (Å²) in [6, 6.07) is 4.83. The molecule has 2 saturated heterocycles. The maximum absolute atomic E-state index is 13.3. The molecule has 2 aromatic rings. The molecule has 3 aliphatic rings. The number of likely N-dealkylation sites (tertiary alicyclic amines) is 1. The predicted octanol–water partition coefficient (Wildman–Crippen LogP) is 1.18. The van der Waals surface area contributed by atoms with Gasteiger partial charge in [-0.05, 0) is 43.7 Å². The Kier molecular flexibility index (Phi) is 5.30. The van der Waals surface area contributed by atoms with E-state index in [1.807, 2.05) is 24.7 Å². The summed E-state index contributed by atoms with van der Waals surface area (Å²) in [4.78, 5) is 24.2. The Morgan fingerprint density at radius 2 is 2.10 bits per heavy atom. The third kappa shape index (κ3) is 3.92.